The van der Waals surface area contributed by atoms with Crippen LogP contribution in [0.2, 0.25) is 0 Å². The standard InChI is InChI=1S/C16H21N3O3S/c1-10(12-8-23-14(19-12)11-5-6-11)18-15(20)17-9-16(2,21)13-4-3-7-22-13/h3-4,7-8,10-11,21H,5-6,9H2,1-2H3,(H2,17,18,20)/t10-,16-/m1/s1. The van der Waals surface area contributed by atoms with E-state index >= 15 is 0 Å². The minimum absolute atomic E-state index is 0.0590. The van der Waals surface area contributed by atoms with E-state index in [4.69, 9.17) is 4.42 Å². The Morgan fingerprint density at radius 2 is 2.39 bits per heavy atom. The first-order chi connectivity index (χ1) is 11.0. The number of rotatable bonds is 6. The predicted molar refractivity (Wildman–Crippen MR) is 87.3 cm³/mol. The van der Waals surface area contributed by atoms with Crippen LogP contribution in [0.4, 0.5) is 4.79 Å². The number of thiazole rings is 1. The van der Waals surface area contributed by atoms with Crippen LogP contribution in [-0.4, -0.2) is 22.7 Å². The molecule has 1 saturated carbocycles. The van der Waals surface area contributed by atoms with Gasteiger partial charge < -0.3 is 20.2 Å². The van der Waals surface area contributed by atoms with Crippen LogP contribution in [0.15, 0.2) is 28.2 Å². The molecule has 23 heavy (non-hydrogen) atoms. The molecule has 1 aliphatic rings. The van der Waals surface area contributed by atoms with Gasteiger partial charge in [0.05, 0.1) is 29.6 Å². The average Bonchev–Trinajstić information content (AvgIpc) is 3.04. The second kappa shape index (κ2) is 6.33. The summed E-state index contributed by atoms with van der Waals surface area (Å²) in [5, 5.41) is 19.0. The molecule has 7 heteroatoms. The van der Waals surface area contributed by atoms with Crippen molar-refractivity contribution in [3.05, 3.63) is 40.2 Å². The van der Waals surface area contributed by atoms with E-state index in [9.17, 15) is 9.90 Å². The van der Waals surface area contributed by atoms with Gasteiger partial charge >= 0.3 is 6.03 Å². The van der Waals surface area contributed by atoms with E-state index in [2.05, 4.69) is 15.6 Å². The normalized spacial score (nSPS) is 18.2. The van der Waals surface area contributed by atoms with Crippen molar-refractivity contribution < 1.29 is 14.3 Å². The third-order valence-electron chi connectivity index (χ3n) is 3.90. The minimum atomic E-state index is -1.25. The molecule has 2 heterocycles. The second-order valence-electron chi connectivity index (χ2n) is 6.18. The van der Waals surface area contributed by atoms with Gasteiger partial charge in [-0.1, -0.05) is 0 Å². The number of hydrogen-bond acceptors (Lipinski definition) is 5. The number of furan rings is 1. The molecule has 3 N–H and O–H groups in total. The Bertz CT molecular complexity index is 662. The zero-order valence-corrected chi connectivity index (χ0v) is 14.0. The van der Waals surface area contributed by atoms with Crippen LogP contribution in [0.1, 0.15) is 55.1 Å². The number of hydrogen-bond donors (Lipinski definition) is 3. The first-order valence-corrected chi connectivity index (χ1v) is 8.60. The Kier molecular flexibility index (Phi) is 4.41. The minimum Gasteiger partial charge on any atom is -0.466 e. The summed E-state index contributed by atoms with van der Waals surface area (Å²) in [6, 6.07) is 2.86. The van der Waals surface area contributed by atoms with Crippen LogP contribution in [0.25, 0.3) is 0 Å². The number of aromatic nitrogens is 1. The maximum absolute atomic E-state index is 12.0. The molecule has 0 aliphatic heterocycles. The largest absolute Gasteiger partial charge is 0.466 e. The molecule has 1 aliphatic carbocycles. The van der Waals surface area contributed by atoms with Gasteiger partial charge in [0, 0.05) is 11.3 Å². The van der Waals surface area contributed by atoms with Gasteiger partial charge in [0.1, 0.15) is 11.4 Å². The van der Waals surface area contributed by atoms with E-state index in [1.165, 1.54) is 19.1 Å². The zero-order valence-electron chi connectivity index (χ0n) is 13.2. The van der Waals surface area contributed by atoms with Gasteiger partial charge in [-0.3, -0.25) is 0 Å². The van der Waals surface area contributed by atoms with Crippen LogP contribution < -0.4 is 10.6 Å². The molecule has 3 rings (SSSR count). The summed E-state index contributed by atoms with van der Waals surface area (Å²) in [5.41, 5.74) is -0.367. The maximum Gasteiger partial charge on any atom is 0.315 e. The first kappa shape index (κ1) is 16.0. The Hall–Kier alpha value is -1.86. The van der Waals surface area contributed by atoms with Crippen LogP contribution in [0.3, 0.4) is 0 Å². The summed E-state index contributed by atoms with van der Waals surface area (Å²) in [5.74, 6) is 1.04. The lowest BCUT2D eigenvalue weighted by Crippen LogP contribution is -2.44. The first-order valence-electron chi connectivity index (χ1n) is 7.72. The third-order valence-corrected chi connectivity index (χ3v) is 4.93. The van der Waals surface area contributed by atoms with E-state index in [1.54, 1.807) is 30.4 Å². The highest BCUT2D eigenvalue weighted by atomic mass is 32.1. The summed E-state index contributed by atoms with van der Waals surface area (Å²) in [4.78, 5) is 16.6. The van der Waals surface area contributed by atoms with Crippen molar-refractivity contribution in [1.29, 1.82) is 0 Å². The molecule has 0 radical (unpaired) electrons. The Morgan fingerprint density at radius 1 is 1.61 bits per heavy atom. The highest BCUT2D eigenvalue weighted by Crippen LogP contribution is 2.41. The molecular weight excluding hydrogens is 314 g/mol. The number of carbonyl (C=O) groups excluding carboxylic acids is 1. The van der Waals surface area contributed by atoms with Crippen molar-refractivity contribution >= 4 is 17.4 Å². The van der Waals surface area contributed by atoms with Crippen molar-refractivity contribution in [2.45, 2.75) is 44.2 Å². The third kappa shape index (κ3) is 3.92. The SMILES string of the molecule is C[C@@H](NC(=O)NC[C@@](C)(O)c1ccco1)c1csc(C2CC2)n1. The van der Waals surface area contributed by atoms with E-state index in [0.29, 0.717) is 11.7 Å². The van der Waals surface area contributed by atoms with Crippen molar-refractivity contribution in [2.24, 2.45) is 0 Å². The number of nitrogens with one attached hydrogen (secondary N) is 2. The molecular formula is C16H21N3O3S. The highest BCUT2D eigenvalue weighted by Gasteiger charge is 2.28. The summed E-state index contributed by atoms with van der Waals surface area (Å²) < 4.78 is 5.18. The zero-order chi connectivity index (χ0) is 16.4. The molecule has 2 amide bonds. The predicted octanol–water partition coefficient (Wildman–Crippen LogP) is 2.88. The van der Waals surface area contributed by atoms with Crippen molar-refractivity contribution in [2.75, 3.05) is 6.54 Å². The fourth-order valence-electron chi connectivity index (χ4n) is 2.26. The molecule has 2 atom stereocenters. The lowest BCUT2D eigenvalue weighted by Gasteiger charge is -2.22. The van der Waals surface area contributed by atoms with Gasteiger partial charge in [0.2, 0.25) is 0 Å². The Morgan fingerprint density at radius 3 is 3.04 bits per heavy atom. The second-order valence-corrected chi connectivity index (χ2v) is 7.07. The van der Waals surface area contributed by atoms with E-state index in [0.717, 1.165) is 10.7 Å². The molecule has 0 spiro atoms. The summed E-state index contributed by atoms with van der Waals surface area (Å²) >= 11 is 1.66. The monoisotopic (exact) mass is 335 g/mol. The summed E-state index contributed by atoms with van der Waals surface area (Å²) in [6.45, 7) is 3.55. The van der Waals surface area contributed by atoms with Crippen LogP contribution in [0, 0.1) is 0 Å². The molecule has 2 aromatic heterocycles. The van der Waals surface area contributed by atoms with Gasteiger partial charge in [-0.2, -0.15) is 0 Å². The lowest BCUT2D eigenvalue weighted by molar-refractivity contribution is 0.0366. The Labute approximate surface area is 138 Å². The topological polar surface area (TPSA) is 87.4 Å². The van der Waals surface area contributed by atoms with Gasteiger partial charge in [0.15, 0.2) is 0 Å². The number of amides is 2. The number of carbonyl (C=O) groups is 1. The number of nitrogens with zero attached hydrogens (tertiary/aromatic N) is 1. The summed E-state index contributed by atoms with van der Waals surface area (Å²) in [7, 11) is 0. The molecule has 6 nitrogen and oxygen atoms in total. The summed E-state index contributed by atoms with van der Waals surface area (Å²) in [6.07, 6.45) is 3.93. The van der Waals surface area contributed by atoms with Crippen LogP contribution >= 0.6 is 11.3 Å². The molecule has 0 saturated heterocycles. The fraction of sp³-hybridized carbons (Fsp3) is 0.500. The van der Waals surface area contributed by atoms with Crippen LogP contribution in [0.5, 0.6) is 0 Å². The van der Waals surface area contributed by atoms with Gasteiger partial charge in [-0.05, 0) is 38.8 Å². The smallest absolute Gasteiger partial charge is 0.315 e. The number of urea groups is 1. The lowest BCUT2D eigenvalue weighted by atomic mass is 10.0. The van der Waals surface area contributed by atoms with Crippen molar-refractivity contribution in [1.82, 2.24) is 15.6 Å². The van der Waals surface area contributed by atoms with E-state index < -0.39 is 5.60 Å². The van der Waals surface area contributed by atoms with Gasteiger partial charge in [-0.25, -0.2) is 9.78 Å². The van der Waals surface area contributed by atoms with Crippen molar-refractivity contribution in [3.8, 4) is 0 Å². The fourth-order valence-corrected chi connectivity index (χ4v) is 3.35. The number of aliphatic hydroxyl groups is 1. The van der Waals surface area contributed by atoms with Crippen LogP contribution in [-0.2, 0) is 5.60 Å². The van der Waals surface area contributed by atoms with E-state index in [1.807, 2.05) is 12.3 Å². The van der Waals surface area contributed by atoms with Gasteiger partial charge in [0.25, 0.3) is 0 Å². The Balaban J connectivity index is 1.50. The molecule has 1 fully saturated rings. The molecule has 2 aromatic rings. The molecule has 0 aromatic carbocycles. The average molecular weight is 335 g/mol. The van der Waals surface area contributed by atoms with E-state index in [-0.39, 0.29) is 18.6 Å². The highest BCUT2D eigenvalue weighted by molar-refractivity contribution is 7.09. The quantitative estimate of drug-likeness (QED) is 0.757. The molecule has 0 bridgehead atoms. The van der Waals surface area contributed by atoms with Gasteiger partial charge in [-0.15, -0.1) is 11.3 Å². The van der Waals surface area contributed by atoms with Crippen molar-refractivity contribution in [3.63, 3.8) is 0 Å². The molecule has 0 unspecified atom stereocenters. The molecule has 124 valence electrons. The maximum atomic E-state index is 12.0.